The molecule has 0 saturated heterocycles. The highest BCUT2D eigenvalue weighted by Gasteiger charge is 2.24. The molecular formula is C10H10N4O2S3. The third-order valence-corrected chi connectivity index (χ3v) is 5.94. The highest BCUT2D eigenvalue weighted by Crippen LogP contribution is 2.24. The number of hydrogen-bond acceptors (Lipinski definition) is 7. The monoisotopic (exact) mass is 314 g/mol. The second kappa shape index (κ2) is 4.58. The van der Waals surface area contributed by atoms with Crippen LogP contribution in [-0.4, -0.2) is 28.5 Å². The number of aryl methyl sites for hydroxylation is 1. The first-order valence-electron chi connectivity index (χ1n) is 5.40. The van der Waals surface area contributed by atoms with Gasteiger partial charge in [-0.05, 0) is 0 Å². The first-order chi connectivity index (χ1) is 9.08. The number of fused-ring (bicyclic) bond motifs is 1. The summed E-state index contributed by atoms with van der Waals surface area (Å²) in [6, 6.07) is 0. The molecule has 0 aliphatic carbocycles. The summed E-state index contributed by atoms with van der Waals surface area (Å²) in [7, 11) is -3.47. The van der Waals surface area contributed by atoms with Gasteiger partial charge in [0.05, 0.1) is 10.8 Å². The summed E-state index contributed by atoms with van der Waals surface area (Å²) in [4.78, 5) is 8.72. The van der Waals surface area contributed by atoms with Crippen molar-refractivity contribution in [2.24, 2.45) is 0 Å². The Kier molecular flexibility index (Phi) is 3.03. The van der Waals surface area contributed by atoms with Crippen LogP contribution < -0.4 is 5.73 Å². The van der Waals surface area contributed by atoms with E-state index in [0.29, 0.717) is 11.4 Å². The second-order valence-corrected chi connectivity index (χ2v) is 7.73. The number of hydrogen-bond donors (Lipinski definition) is 1. The van der Waals surface area contributed by atoms with Crippen LogP contribution in [0.1, 0.15) is 5.01 Å². The molecule has 0 fully saturated rings. The van der Waals surface area contributed by atoms with Crippen LogP contribution in [-0.2, 0) is 16.3 Å². The van der Waals surface area contributed by atoms with Gasteiger partial charge in [-0.25, -0.2) is 18.4 Å². The first kappa shape index (κ1) is 12.6. The van der Waals surface area contributed by atoms with Crippen molar-refractivity contribution in [2.75, 3.05) is 11.5 Å². The van der Waals surface area contributed by atoms with Crippen LogP contribution in [0, 0.1) is 0 Å². The van der Waals surface area contributed by atoms with Crippen molar-refractivity contribution in [3.05, 3.63) is 28.2 Å². The van der Waals surface area contributed by atoms with Gasteiger partial charge in [-0.15, -0.1) is 22.7 Å². The van der Waals surface area contributed by atoms with Gasteiger partial charge >= 0.3 is 0 Å². The molecule has 6 nitrogen and oxygen atoms in total. The average molecular weight is 314 g/mol. The smallest absolute Gasteiger partial charge is 0.198 e. The van der Waals surface area contributed by atoms with E-state index in [4.69, 9.17) is 5.73 Å². The number of nitrogen functional groups attached to an aromatic ring is 1. The molecule has 0 unspecified atom stereocenters. The summed E-state index contributed by atoms with van der Waals surface area (Å²) in [5, 5.41) is 4.49. The van der Waals surface area contributed by atoms with E-state index in [0.717, 1.165) is 5.01 Å². The number of imidazole rings is 1. The molecule has 3 aromatic rings. The Bertz CT molecular complexity index is 801. The van der Waals surface area contributed by atoms with Crippen LogP contribution in [0.15, 0.2) is 28.2 Å². The van der Waals surface area contributed by atoms with Gasteiger partial charge in [-0.1, -0.05) is 0 Å². The molecule has 0 spiro atoms. The molecule has 9 heteroatoms. The second-order valence-electron chi connectivity index (χ2n) is 3.85. The van der Waals surface area contributed by atoms with Gasteiger partial charge in [0, 0.05) is 29.6 Å². The molecule has 0 aromatic carbocycles. The summed E-state index contributed by atoms with van der Waals surface area (Å²) in [6.45, 7) is 0. The largest absolute Gasteiger partial charge is 0.381 e. The molecule has 0 bridgehead atoms. The summed E-state index contributed by atoms with van der Waals surface area (Å²) in [5.41, 5.74) is 5.72. The Morgan fingerprint density at radius 1 is 1.32 bits per heavy atom. The zero-order chi connectivity index (χ0) is 13.5. The molecular weight excluding hydrogens is 304 g/mol. The van der Waals surface area contributed by atoms with E-state index in [1.807, 2.05) is 5.38 Å². The molecule has 100 valence electrons. The Balaban J connectivity index is 1.95. The molecule has 0 amide bonds. The van der Waals surface area contributed by atoms with Crippen molar-refractivity contribution >= 4 is 43.3 Å². The number of aromatic nitrogens is 3. The number of thiazole rings is 2. The molecule has 0 radical (unpaired) electrons. The fourth-order valence-electron chi connectivity index (χ4n) is 1.79. The number of sulfone groups is 1. The number of rotatable bonds is 4. The molecule has 3 aromatic heterocycles. The van der Waals surface area contributed by atoms with Crippen molar-refractivity contribution in [3.8, 4) is 0 Å². The van der Waals surface area contributed by atoms with Crippen molar-refractivity contribution in [1.29, 1.82) is 0 Å². The predicted octanol–water partition coefficient (Wildman–Crippen LogP) is 1.45. The fourth-order valence-corrected chi connectivity index (χ4v) is 4.78. The third-order valence-electron chi connectivity index (χ3n) is 2.61. The lowest BCUT2D eigenvalue weighted by Gasteiger charge is -2.02. The molecule has 3 heterocycles. The molecule has 19 heavy (non-hydrogen) atoms. The normalized spacial score (nSPS) is 12.2. The van der Waals surface area contributed by atoms with Crippen molar-refractivity contribution < 1.29 is 8.42 Å². The highest BCUT2D eigenvalue weighted by atomic mass is 32.2. The minimum absolute atomic E-state index is 0.0195. The van der Waals surface area contributed by atoms with Crippen molar-refractivity contribution in [3.63, 3.8) is 0 Å². The van der Waals surface area contributed by atoms with Crippen LogP contribution in [0.5, 0.6) is 0 Å². The van der Waals surface area contributed by atoms with E-state index >= 15 is 0 Å². The number of nitrogens with two attached hydrogens (primary N) is 1. The standard InChI is InChI=1S/C10H10N4O2S3/c11-8-9(14-3-5-18-10(14)13-8)19(15,16)6-1-7-12-2-4-17-7/h2-5H,1,6,11H2. The minimum atomic E-state index is -3.47. The lowest BCUT2D eigenvalue weighted by molar-refractivity contribution is 0.591. The lowest BCUT2D eigenvalue weighted by Crippen LogP contribution is -2.13. The summed E-state index contributed by atoms with van der Waals surface area (Å²) in [6.07, 6.45) is 3.72. The van der Waals surface area contributed by atoms with Gasteiger partial charge in [0.1, 0.15) is 0 Å². The van der Waals surface area contributed by atoms with Crippen LogP contribution in [0.2, 0.25) is 0 Å². The predicted molar refractivity (Wildman–Crippen MR) is 75.4 cm³/mol. The van der Waals surface area contributed by atoms with Gasteiger partial charge < -0.3 is 5.73 Å². The van der Waals surface area contributed by atoms with E-state index < -0.39 is 9.84 Å². The van der Waals surface area contributed by atoms with E-state index in [9.17, 15) is 8.42 Å². The maximum Gasteiger partial charge on any atom is 0.198 e. The summed E-state index contributed by atoms with van der Waals surface area (Å²) in [5.74, 6) is 0.0416. The molecule has 2 N–H and O–H groups in total. The summed E-state index contributed by atoms with van der Waals surface area (Å²) >= 11 is 2.79. The van der Waals surface area contributed by atoms with E-state index in [-0.39, 0.29) is 16.6 Å². The third kappa shape index (κ3) is 2.24. The molecule has 0 aliphatic rings. The molecule has 0 atom stereocenters. The molecule has 0 saturated carbocycles. The zero-order valence-corrected chi connectivity index (χ0v) is 12.1. The topological polar surface area (TPSA) is 90.3 Å². The Hall–Kier alpha value is -1.45. The maximum atomic E-state index is 12.4. The molecule has 3 rings (SSSR count). The fraction of sp³-hybridized carbons (Fsp3) is 0.200. The molecule has 0 aliphatic heterocycles. The van der Waals surface area contributed by atoms with Gasteiger partial charge in [-0.2, -0.15) is 0 Å². The number of nitrogens with zero attached hydrogens (tertiary/aromatic N) is 3. The van der Waals surface area contributed by atoms with E-state index in [1.54, 1.807) is 17.8 Å². The van der Waals surface area contributed by atoms with E-state index in [2.05, 4.69) is 9.97 Å². The van der Waals surface area contributed by atoms with Crippen LogP contribution in [0.4, 0.5) is 5.82 Å². The van der Waals surface area contributed by atoms with Gasteiger partial charge in [0.15, 0.2) is 25.6 Å². The van der Waals surface area contributed by atoms with Gasteiger partial charge in [0.2, 0.25) is 0 Å². The average Bonchev–Trinajstić information content (AvgIpc) is 3.01. The minimum Gasteiger partial charge on any atom is -0.381 e. The van der Waals surface area contributed by atoms with E-state index in [1.165, 1.54) is 27.1 Å². The van der Waals surface area contributed by atoms with Crippen LogP contribution in [0.3, 0.4) is 0 Å². The van der Waals surface area contributed by atoms with Gasteiger partial charge in [-0.3, -0.25) is 4.40 Å². The lowest BCUT2D eigenvalue weighted by atomic mass is 10.5. The number of anilines is 1. The zero-order valence-electron chi connectivity index (χ0n) is 9.68. The van der Waals surface area contributed by atoms with Crippen molar-refractivity contribution in [2.45, 2.75) is 11.4 Å². The van der Waals surface area contributed by atoms with Crippen LogP contribution in [0.25, 0.3) is 4.96 Å². The Morgan fingerprint density at radius 3 is 2.89 bits per heavy atom. The SMILES string of the molecule is Nc1nc2sccn2c1S(=O)(=O)CCc1nccs1. The Labute approximate surface area is 117 Å². The quantitative estimate of drug-likeness (QED) is 0.787. The maximum absolute atomic E-state index is 12.4. The van der Waals surface area contributed by atoms with Crippen LogP contribution >= 0.6 is 22.7 Å². The summed E-state index contributed by atoms with van der Waals surface area (Å²) < 4.78 is 26.2. The van der Waals surface area contributed by atoms with Gasteiger partial charge in [0.25, 0.3) is 0 Å². The first-order valence-corrected chi connectivity index (χ1v) is 8.81. The van der Waals surface area contributed by atoms with Crippen molar-refractivity contribution in [1.82, 2.24) is 14.4 Å². The highest BCUT2D eigenvalue weighted by molar-refractivity contribution is 7.91. The Morgan fingerprint density at radius 2 is 2.16 bits per heavy atom.